The number of hydrogen-bond acceptors (Lipinski definition) is 4. The summed E-state index contributed by atoms with van der Waals surface area (Å²) >= 11 is 0. The first-order chi connectivity index (χ1) is 8.13. The van der Waals surface area contributed by atoms with Gasteiger partial charge in [0.25, 0.3) is 0 Å². The third-order valence-electron chi connectivity index (χ3n) is 3.76. The lowest BCUT2D eigenvalue weighted by atomic mass is 9.84. The normalized spacial score (nSPS) is 35.0. The van der Waals surface area contributed by atoms with Crippen LogP contribution in [0.3, 0.4) is 0 Å². The Kier molecular flexibility index (Phi) is 4.01. The molecule has 5 nitrogen and oxygen atoms in total. The van der Waals surface area contributed by atoms with Gasteiger partial charge >= 0.3 is 5.97 Å². The number of nitrogens with zero attached hydrogens (tertiary/aromatic N) is 1. The van der Waals surface area contributed by atoms with Crippen molar-refractivity contribution in [2.75, 3.05) is 33.4 Å². The van der Waals surface area contributed by atoms with Crippen molar-refractivity contribution in [1.82, 2.24) is 4.90 Å². The van der Waals surface area contributed by atoms with Crippen LogP contribution in [-0.4, -0.2) is 61.0 Å². The fraction of sp³-hybridized carbons (Fsp3) is 0.917. The molecular weight excluding hydrogens is 222 g/mol. The predicted octanol–water partition coefficient (Wildman–Crippen LogP) is 0.731. The van der Waals surface area contributed by atoms with E-state index in [2.05, 4.69) is 0 Å². The number of aliphatic carboxylic acids is 1. The van der Waals surface area contributed by atoms with Crippen molar-refractivity contribution in [3.05, 3.63) is 0 Å². The lowest BCUT2D eigenvalue weighted by molar-refractivity contribution is -0.158. The first-order valence-electron chi connectivity index (χ1n) is 6.24. The van der Waals surface area contributed by atoms with Gasteiger partial charge in [-0.25, -0.2) is 0 Å². The van der Waals surface area contributed by atoms with Gasteiger partial charge in [-0.1, -0.05) is 0 Å². The average molecular weight is 243 g/mol. The van der Waals surface area contributed by atoms with Crippen molar-refractivity contribution in [1.29, 1.82) is 0 Å². The zero-order valence-corrected chi connectivity index (χ0v) is 10.4. The molecule has 0 aromatic rings. The molecule has 0 amide bonds. The monoisotopic (exact) mass is 243 g/mol. The summed E-state index contributed by atoms with van der Waals surface area (Å²) in [6, 6.07) is 0. The average Bonchev–Trinajstić information content (AvgIpc) is 2.28. The van der Waals surface area contributed by atoms with Crippen LogP contribution in [-0.2, 0) is 14.3 Å². The van der Waals surface area contributed by atoms with Gasteiger partial charge in [-0.3, -0.25) is 9.69 Å². The maximum absolute atomic E-state index is 10.8. The summed E-state index contributed by atoms with van der Waals surface area (Å²) in [4.78, 5) is 12.7. The second-order valence-electron chi connectivity index (χ2n) is 5.09. The topological polar surface area (TPSA) is 59.0 Å². The minimum Gasteiger partial charge on any atom is -0.480 e. The van der Waals surface area contributed by atoms with Gasteiger partial charge < -0.3 is 14.6 Å². The molecule has 2 unspecified atom stereocenters. The van der Waals surface area contributed by atoms with Gasteiger partial charge in [-0.15, -0.1) is 0 Å². The maximum atomic E-state index is 10.8. The van der Waals surface area contributed by atoms with E-state index >= 15 is 0 Å². The molecule has 0 radical (unpaired) electrons. The number of likely N-dealkylation sites (tertiary alicyclic amines) is 1. The SMILES string of the molecule is COC1CCOC2(CCCN(CC(=O)O)C2)C1. The molecule has 2 rings (SSSR count). The molecule has 0 saturated carbocycles. The Hall–Kier alpha value is -0.650. The highest BCUT2D eigenvalue weighted by molar-refractivity contribution is 5.69. The molecule has 5 heteroatoms. The van der Waals surface area contributed by atoms with Crippen LogP contribution in [0.15, 0.2) is 0 Å². The van der Waals surface area contributed by atoms with Crippen LogP contribution < -0.4 is 0 Å². The minimum absolute atomic E-state index is 0.114. The molecule has 98 valence electrons. The summed E-state index contributed by atoms with van der Waals surface area (Å²) in [6.07, 6.45) is 4.11. The largest absolute Gasteiger partial charge is 0.480 e. The quantitative estimate of drug-likeness (QED) is 0.792. The van der Waals surface area contributed by atoms with Crippen molar-refractivity contribution in [3.63, 3.8) is 0 Å². The molecular formula is C12H21NO4. The number of hydrogen-bond donors (Lipinski definition) is 1. The smallest absolute Gasteiger partial charge is 0.317 e. The summed E-state index contributed by atoms with van der Waals surface area (Å²) in [6.45, 7) is 2.41. The molecule has 0 aromatic carbocycles. The van der Waals surface area contributed by atoms with E-state index in [0.29, 0.717) is 0 Å². The molecule has 1 spiro atoms. The van der Waals surface area contributed by atoms with Crippen LogP contribution in [0, 0.1) is 0 Å². The molecule has 2 atom stereocenters. The molecule has 2 aliphatic heterocycles. The van der Waals surface area contributed by atoms with E-state index < -0.39 is 5.97 Å². The summed E-state index contributed by atoms with van der Waals surface area (Å²) < 4.78 is 11.4. The number of rotatable bonds is 3. The van der Waals surface area contributed by atoms with E-state index in [9.17, 15) is 4.79 Å². The van der Waals surface area contributed by atoms with E-state index in [4.69, 9.17) is 14.6 Å². The van der Waals surface area contributed by atoms with E-state index in [1.165, 1.54) is 0 Å². The molecule has 1 N–H and O–H groups in total. The number of piperidine rings is 1. The van der Waals surface area contributed by atoms with Crippen LogP contribution in [0.25, 0.3) is 0 Å². The number of methoxy groups -OCH3 is 1. The van der Waals surface area contributed by atoms with Crippen LogP contribution in [0.2, 0.25) is 0 Å². The van der Waals surface area contributed by atoms with Crippen molar-refractivity contribution in [2.45, 2.75) is 37.4 Å². The van der Waals surface area contributed by atoms with E-state index in [-0.39, 0.29) is 18.2 Å². The lowest BCUT2D eigenvalue weighted by Crippen LogP contribution is -2.54. The second-order valence-corrected chi connectivity index (χ2v) is 5.09. The number of carbonyl (C=O) groups is 1. The highest BCUT2D eigenvalue weighted by Crippen LogP contribution is 2.34. The maximum Gasteiger partial charge on any atom is 0.317 e. The van der Waals surface area contributed by atoms with Crippen LogP contribution >= 0.6 is 0 Å². The Labute approximate surface area is 102 Å². The Morgan fingerprint density at radius 1 is 1.65 bits per heavy atom. The van der Waals surface area contributed by atoms with Gasteiger partial charge in [0.05, 0.1) is 18.2 Å². The molecule has 0 bridgehead atoms. The van der Waals surface area contributed by atoms with Crippen molar-refractivity contribution < 1.29 is 19.4 Å². The molecule has 2 aliphatic rings. The highest BCUT2D eigenvalue weighted by Gasteiger charge is 2.41. The zero-order chi connectivity index (χ0) is 12.3. The Balaban J connectivity index is 1.96. The van der Waals surface area contributed by atoms with Gasteiger partial charge in [-0.05, 0) is 25.8 Å². The standard InChI is InChI=1S/C12H21NO4/c1-16-10-3-6-17-12(7-10)4-2-5-13(9-12)8-11(14)15/h10H,2-9H2,1H3,(H,14,15). The number of carboxylic acids is 1. The Morgan fingerprint density at radius 2 is 2.47 bits per heavy atom. The number of ether oxygens (including phenoxy) is 2. The molecule has 17 heavy (non-hydrogen) atoms. The van der Waals surface area contributed by atoms with Crippen LogP contribution in [0.5, 0.6) is 0 Å². The molecule has 2 heterocycles. The van der Waals surface area contributed by atoms with Crippen molar-refractivity contribution in [3.8, 4) is 0 Å². The van der Waals surface area contributed by atoms with Crippen LogP contribution in [0.1, 0.15) is 25.7 Å². The Morgan fingerprint density at radius 3 is 3.18 bits per heavy atom. The Bertz CT molecular complexity index is 280. The van der Waals surface area contributed by atoms with Gasteiger partial charge in [0.1, 0.15) is 0 Å². The zero-order valence-electron chi connectivity index (χ0n) is 10.4. The van der Waals surface area contributed by atoms with Gasteiger partial charge in [0, 0.05) is 26.7 Å². The summed E-state index contributed by atoms with van der Waals surface area (Å²) in [5, 5.41) is 8.84. The van der Waals surface area contributed by atoms with E-state index in [1.807, 2.05) is 4.90 Å². The van der Waals surface area contributed by atoms with Crippen LogP contribution in [0.4, 0.5) is 0 Å². The van der Waals surface area contributed by atoms with E-state index in [1.54, 1.807) is 7.11 Å². The summed E-state index contributed by atoms with van der Waals surface area (Å²) in [5.74, 6) is -0.763. The fourth-order valence-corrected chi connectivity index (χ4v) is 2.99. The molecule has 0 aromatic heterocycles. The first-order valence-corrected chi connectivity index (χ1v) is 6.24. The van der Waals surface area contributed by atoms with Gasteiger partial charge in [0.15, 0.2) is 0 Å². The summed E-state index contributed by atoms with van der Waals surface area (Å²) in [5.41, 5.74) is -0.174. The molecule has 2 fully saturated rings. The van der Waals surface area contributed by atoms with Crippen molar-refractivity contribution >= 4 is 5.97 Å². The van der Waals surface area contributed by atoms with E-state index in [0.717, 1.165) is 45.4 Å². The third-order valence-corrected chi connectivity index (χ3v) is 3.76. The second kappa shape index (κ2) is 5.33. The fourth-order valence-electron chi connectivity index (χ4n) is 2.99. The van der Waals surface area contributed by atoms with Gasteiger partial charge in [-0.2, -0.15) is 0 Å². The molecule has 0 aliphatic carbocycles. The number of carboxylic acid groups (broad SMARTS) is 1. The third kappa shape index (κ3) is 3.18. The predicted molar refractivity (Wildman–Crippen MR) is 62.0 cm³/mol. The molecule has 2 saturated heterocycles. The highest BCUT2D eigenvalue weighted by atomic mass is 16.5. The van der Waals surface area contributed by atoms with Crippen molar-refractivity contribution in [2.24, 2.45) is 0 Å². The lowest BCUT2D eigenvalue weighted by Gasteiger charge is -2.46. The van der Waals surface area contributed by atoms with Gasteiger partial charge in [0.2, 0.25) is 0 Å². The summed E-state index contributed by atoms with van der Waals surface area (Å²) in [7, 11) is 1.74. The minimum atomic E-state index is -0.763. The first kappa shape index (κ1) is 12.8.